The van der Waals surface area contributed by atoms with Gasteiger partial charge in [-0.15, -0.1) is 0 Å². The first-order valence-corrected chi connectivity index (χ1v) is 8.28. The van der Waals surface area contributed by atoms with Gasteiger partial charge in [0.15, 0.2) is 5.69 Å². The molecule has 0 saturated carbocycles. The van der Waals surface area contributed by atoms with Gasteiger partial charge in [0.25, 0.3) is 5.91 Å². The minimum absolute atomic E-state index is 0.191. The van der Waals surface area contributed by atoms with Gasteiger partial charge in [0, 0.05) is 13.1 Å². The molecule has 1 aliphatic heterocycles. The summed E-state index contributed by atoms with van der Waals surface area (Å²) in [5.41, 5.74) is 6.33. The topological polar surface area (TPSA) is 84.4 Å². The number of hydrogen-bond acceptors (Lipinski definition) is 5. The number of nitrogens with zero attached hydrogens (tertiary/aromatic N) is 2. The fraction of sp³-hybridized carbons (Fsp3) is 0.750. The molecule has 124 valence electrons. The van der Waals surface area contributed by atoms with E-state index < -0.39 is 0 Å². The zero-order valence-corrected chi connectivity index (χ0v) is 13.7. The lowest BCUT2D eigenvalue weighted by Gasteiger charge is -2.26. The van der Waals surface area contributed by atoms with Crippen LogP contribution in [0.2, 0.25) is 0 Å². The zero-order chi connectivity index (χ0) is 15.9. The van der Waals surface area contributed by atoms with Gasteiger partial charge in [-0.2, -0.15) is 0 Å². The first kappa shape index (κ1) is 17.0. The molecule has 1 aromatic rings. The van der Waals surface area contributed by atoms with E-state index in [1.165, 1.54) is 25.5 Å². The van der Waals surface area contributed by atoms with Gasteiger partial charge in [0.1, 0.15) is 6.26 Å². The van der Waals surface area contributed by atoms with Crippen molar-refractivity contribution in [2.24, 2.45) is 11.7 Å². The first-order chi connectivity index (χ1) is 10.6. The predicted molar refractivity (Wildman–Crippen MR) is 85.5 cm³/mol. The summed E-state index contributed by atoms with van der Waals surface area (Å²) < 4.78 is 5.34. The number of nitrogens with two attached hydrogens (primary N) is 1. The normalized spacial score (nSPS) is 17.6. The highest BCUT2D eigenvalue weighted by atomic mass is 16.3. The van der Waals surface area contributed by atoms with Crippen LogP contribution in [0.3, 0.4) is 0 Å². The van der Waals surface area contributed by atoms with E-state index >= 15 is 0 Å². The van der Waals surface area contributed by atoms with Crippen LogP contribution in [0.5, 0.6) is 0 Å². The van der Waals surface area contributed by atoms with Crippen molar-refractivity contribution in [3.05, 3.63) is 17.8 Å². The number of nitrogens with one attached hydrogen (secondary N) is 1. The number of carbonyl (C=O) groups excluding carboxylic acids is 1. The fourth-order valence-electron chi connectivity index (χ4n) is 2.77. The summed E-state index contributed by atoms with van der Waals surface area (Å²) in [4.78, 5) is 18.6. The summed E-state index contributed by atoms with van der Waals surface area (Å²) in [5, 5.41) is 2.90. The number of carbonyl (C=O) groups is 1. The van der Waals surface area contributed by atoms with Crippen molar-refractivity contribution in [1.29, 1.82) is 0 Å². The van der Waals surface area contributed by atoms with Crippen LogP contribution < -0.4 is 11.1 Å². The summed E-state index contributed by atoms with van der Waals surface area (Å²) in [7, 11) is 0. The zero-order valence-electron chi connectivity index (χ0n) is 13.7. The highest BCUT2D eigenvalue weighted by Crippen LogP contribution is 2.18. The third-order valence-electron chi connectivity index (χ3n) is 3.96. The van der Waals surface area contributed by atoms with Crippen LogP contribution in [-0.2, 0) is 0 Å². The Balaban J connectivity index is 1.76. The molecule has 1 aliphatic rings. The SMILES string of the molecule is CC(C)CC(N)c1nc(C(=O)NCCN2CCCCC2)co1. The van der Waals surface area contributed by atoms with E-state index in [1.54, 1.807) is 0 Å². The van der Waals surface area contributed by atoms with E-state index in [1.807, 2.05) is 0 Å². The molecule has 6 heteroatoms. The van der Waals surface area contributed by atoms with Gasteiger partial charge < -0.3 is 20.4 Å². The molecular weight excluding hydrogens is 280 g/mol. The molecule has 3 N–H and O–H groups in total. The van der Waals surface area contributed by atoms with E-state index in [9.17, 15) is 4.79 Å². The number of piperidine rings is 1. The molecule has 22 heavy (non-hydrogen) atoms. The van der Waals surface area contributed by atoms with E-state index in [4.69, 9.17) is 10.2 Å². The van der Waals surface area contributed by atoms with E-state index in [0.717, 1.165) is 26.1 Å². The maximum absolute atomic E-state index is 12.1. The maximum atomic E-state index is 12.1. The van der Waals surface area contributed by atoms with E-state index in [-0.39, 0.29) is 11.9 Å². The molecule has 2 rings (SSSR count). The van der Waals surface area contributed by atoms with Crippen LogP contribution >= 0.6 is 0 Å². The number of aromatic nitrogens is 1. The summed E-state index contributed by atoms with van der Waals surface area (Å²) in [5.74, 6) is 0.711. The molecule has 0 aromatic carbocycles. The van der Waals surface area contributed by atoms with Crippen LogP contribution in [0.15, 0.2) is 10.7 Å². The Bertz CT molecular complexity index is 466. The van der Waals surface area contributed by atoms with Crippen LogP contribution in [-0.4, -0.2) is 42.0 Å². The summed E-state index contributed by atoms with van der Waals surface area (Å²) >= 11 is 0. The summed E-state index contributed by atoms with van der Waals surface area (Å²) in [6.07, 6.45) is 6.02. The van der Waals surface area contributed by atoms with Gasteiger partial charge in [0.05, 0.1) is 6.04 Å². The quantitative estimate of drug-likeness (QED) is 0.804. The molecule has 0 radical (unpaired) electrons. The molecule has 0 spiro atoms. The first-order valence-electron chi connectivity index (χ1n) is 8.28. The summed E-state index contributed by atoms with van der Waals surface area (Å²) in [6, 6.07) is -0.255. The van der Waals surface area contributed by atoms with E-state index in [2.05, 4.69) is 29.0 Å². The molecule has 1 atom stereocenters. The maximum Gasteiger partial charge on any atom is 0.273 e. The van der Waals surface area contributed by atoms with Crippen LogP contribution in [0.25, 0.3) is 0 Å². The molecule has 1 aromatic heterocycles. The minimum Gasteiger partial charge on any atom is -0.446 e. The number of rotatable bonds is 7. The van der Waals surface area contributed by atoms with Gasteiger partial charge in [-0.3, -0.25) is 4.79 Å². The van der Waals surface area contributed by atoms with Crippen LogP contribution in [0.4, 0.5) is 0 Å². The van der Waals surface area contributed by atoms with Gasteiger partial charge in [0.2, 0.25) is 5.89 Å². The Hall–Kier alpha value is -1.40. The van der Waals surface area contributed by atoms with Crippen molar-refractivity contribution in [2.45, 2.75) is 45.6 Å². The number of oxazole rings is 1. The second kappa shape index (κ2) is 8.29. The molecule has 1 fully saturated rings. The molecule has 0 aliphatic carbocycles. The third-order valence-corrected chi connectivity index (χ3v) is 3.96. The second-order valence-electron chi connectivity index (χ2n) is 6.47. The fourth-order valence-corrected chi connectivity index (χ4v) is 2.77. The Morgan fingerprint density at radius 3 is 2.82 bits per heavy atom. The number of likely N-dealkylation sites (tertiary alicyclic amines) is 1. The Labute approximate surface area is 132 Å². The number of amides is 1. The Kier molecular flexibility index (Phi) is 6.39. The molecule has 0 bridgehead atoms. The van der Waals surface area contributed by atoms with Crippen molar-refractivity contribution in [1.82, 2.24) is 15.2 Å². The Morgan fingerprint density at radius 1 is 1.41 bits per heavy atom. The van der Waals surface area contributed by atoms with Gasteiger partial charge in [-0.25, -0.2) is 4.98 Å². The highest BCUT2D eigenvalue weighted by Gasteiger charge is 2.18. The second-order valence-corrected chi connectivity index (χ2v) is 6.47. The molecular formula is C16H28N4O2. The average Bonchev–Trinajstić information content (AvgIpc) is 2.97. The van der Waals surface area contributed by atoms with Crippen LogP contribution in [0, 0.1) is 5.92 Å². The molecule has 2 heterocycles. The third kappa shape index (κ3) is 5.10. The lowest BCUT2D eigenvalue weighted by Crippen LogP contribution is -2.37. The monoisotopic (exact) mass is 308 g/mol. The summed E-state index contributed by atoms with van der Waals surface area (Å²) in [6.45, 7) is 7.98. The van der Waals surface area contributed by atoms with Crippen LogP contribution in [0.1, 0.15) is 62.0 Å². The van der Waals surface area contributed by atoms with Crippen molar-refractivity contribution < 1.29 is 9.21 Å². The van der Waals surface area contributed by atoms with Gasteiger partial charge >= 0.3 is 0 Å². The van der Waals surface area contributed by atoms with Gasteiger partial charge in [-0.05, 0) is 38.3 Å². The minimum atomic E-state index is -0.255. The van der Waals surface area contributed by atoms with Gasteiger partial charge in [-0.1, -0.05) is 20.3 Å². The molecule has 1 unspecified atom stereocenters. The van der Waals surface area contributed by atoms with E-state index in [0.29, 0.717) is 24.0 Å². The van der Waals surface area contributed by atoms with Crippen molar-refractivity contribution in [3.63, 3.8) is 0 Å². The average molecular weight is 308 g/mol. The smallest absolute Gasteiger partial charge is 0.273 e. The standard InChI is InChI=1S/C16H28N4O2/c1-12(2)10-13(17)16-19-14(11-22-16)15(21)18-6-9-20-7-4-3-5-8-20/h11-13H,3-10,17H2,1-2H3,(H,18,21). The van der Waals surface area contributed by atoms with Crippen molar-refractivity contribution in [2.75, 3.05) is 26.2 Å². The largest absolute Gasteiger partial charge is 0.446 e. The highest BCUT2D eigenvalue weighted by molar-refractivity contribution is 5.91. The lowest BCUT2D eigenvalue weighted by atomic mass is 10.0. The van der Waals surface area contributed by atoms with Crippen molar-refractivity contribution in [3.8, 4) is 0 Å². The lowest BCUT2D eigenvalue weighted by molar-refractivity contribution is 0.0941. The molecule has 6 nitrogen and oxygen atoms in total. The van der Waals surface area contributed by atoms with Crippen molar-refractivity contribution >= 4 is 5.91 Å². The number of hydrogen-bond donors (Lipinski definition) is 2. The molecule has 1 saturated heterocycles. The Morgan fingerprint density at radius 2 is 2.14 bits per heavy atom. The predicted octanol–water partition coefficient (Wildman–Crippen LogP) is 1.94. The molecule has 1 amide bonds.